The molecule has 146 valence electrons. The van der Waals surface area contributed by atoms with Crippen molar-refractivity contribution in [3.63, 3.8) is 0 Å². The maximum atomic E-state index is 9.15. The predicted molar refractivity (Wildman–Crippen MR) is 112 cm³/mol. The van der Waals surface area contributed by atoms with Gasteiger partial charge in [-0.25, -0.2) is 4.98 Å². The molecule has 5 rings (SSSR count). The van der Waals surface area contributed by atoms with E-state index in [9.17, 15) is 0 Å². The molecule has 0 spiro atoms. The zero-order valence-corrected chi connectivity index (χ0v) is 16.0. The summed E-state index contributed by atoms with van der Waals surface area (Å²) in [7, 11) is 0. The number of benzene rings is 2. The first-order valence-corrected chi connectivity index (χ1v) is 9.76. The van der Waals surface area contributed by atoms with Crippen molar-refractivity contribution in [2.24, 2.45) is 5.92 Å². The molecule has 1 saturated heterocycles. The van der Waals surface area contributed by atoms with E-state index in [-0.39, 0.29) is 6.61 Å². The van der Waals surface area contributed by atoms with Crippen LogP contribution in [0.15, 0.2) is 67.0 Å². The van der Waals surface area contributed by atoms with Crippen molar-refractivity contribution in [1.29, 1.82) is 0 Å². The highest BCUT2D eigenvalue weighted by atomic mass is 16.5. The second-order valence-corrected chi connectivity index (χ2v) is 7.54. The summed E-state index contributed by atoms with van der Waals surface area (Å²) in [5.74, 6) is 1.76. The van der Waals surface area contributed by atoms with Crippen LogP contribution in [0.3, 0.4) is 0 Å². The number of hydrogen-bond acceptors (Lipinski definition) is 5. The molecule has 6 nitrogen and oxygen atoms in total. The number of fused-ring (bicyclic) bond motifs is 1. The summed E-state index contributed by atoms with van der Waals surface area (Å²) >= 11 is 0. The number of aliphatic hydroxyl groups excluding tert-OH is 1. The highest BCUT2D eigenvalue weighted by Gasteiger charge is 2.25. The molecule has 2 aromatic carbocycles. The van der Waals surface area contributed by atoms with Gasteiger partial charge in [-0.15, -0.1) is 0 Å². The van der Waals surface area contributed by atoms with Crippen LogP contribution in [0.25, 0.3) is 22.0 Å². The SMILES string of the molecule is OCC1CN(Cc2ccc3cc(Oc4ccc(-c5ccn[nH]5)cn4)ccc3c2)C1. The first-order chi connectivity index (χ1) is 14.3. The Hall–Kier alpha value is -3.22. The summed E-state index contributed by atoms with van der Waals surface area (Å²) in [6.45, 7) is 3.18. The number of likely N-dealkylation sites (tertiary alicyclic amines) is 1. The molecular weight excluding hydrogens is 364 g/mol. The summed E-state index contributed by atoms with van der Waals surface area (Å²) in [6.07, 6.45) is 3.49. The molecule has 6 heteroatoms. The summed E-state index contributed by atoms with van der Waals surface area (Å²) in [6, 6.07) is 18.3. The van der Waals surface area contributed by atoms with E-state index in [2.05, 4.69) is 44.3 Å². The van der Waals surface area contributed by atoms with E-state index in [1.807, 2.05) is 30.3 Å². The quantitative estimate of drug-likeness (QED) is 0.527. The number of nitrogens with one attached hydrogen (secondary N) is 1. The van der Waals surface area contributed by atoms with Gasteiger partial charge in [-0.05, 0) is 46.7 Å². The fourth-order valence-corrected chi connectivity index (χ4v) is 3.75. The Labute approximate surface area is 168 Å². The van der Waals surface area contributed by atoms with E-state index in [0.29, 0.717) is 11.8 Å². The molecule has 29 heavy (non-hydrogen) atoms. The van der Waals surface area contributed by atoms with Crippen LogP contribution in [0.5, 0.6) is 11.6 Å². The molecule has 1 aliphatic heterocycles. The minimum Gasteiger partial charge on any atom is -0.439 e. The van der Waals surface area contributed by atoms with Crippen LogP contribution in [-0.4, -0.2) is 44.9 Å². The summed E-state index contributed by atoms with van der Waals surface area (Å²) in [4.78, 5) is 6.75. The second-order valence-electron chi connectivity index (χ2n) is 7.54. The fourth-order valence-electron chi connectivity index (χ4n) is 3.75. The second kappa shape index (κ2) is 7.66. The van der Waals surface area contributed by atoms with E-state index in [1.165, 1.54) is 10.9 Å². The topological polar surface area (TPSA) is 74.3 Å². The minimum atomic E-state index is 0.289. The third-order valence-corrected chi connectivity index (χ3v) is 5.34. The Bertz CT molecular complexity index is 1100. The number of aromatic amines is 1. The molecule has 0 amide bonds. The predicted octanol–water partition coefficient (Wildman–Crippen LogP) is 3.84. The lowest BCUT2D eigenvalue weighted by Crippen LogP contribution is -2.47. The maximum Gasteiger partial charge on any atom is 0.219 e. The van der Waals surface area contributed by atoms with Gasteiger partial charge in [0.05, 0.1) is 5.69 Å². The Balaban J connectivity index is 1.28. The average molecular weight is 386 g/mol. The fraction of sp³-hybridized carbons (Fsp3) is 0.217. The van der Waals surface area contributed by atoms with E-state index in [0.717, 1.165) is 42.0 Å². The van der Waals surface area contributed by atoms with Gasteiger partial charge in [0.1, 0.15) is 5.75 Å². The Morgan fingerprint density at radius 3 is 2.66 bits per heavy atom. The van der Waals surface area contributed by atoms with Crippen LogP contribution in [0.1, 0.15) is 5.56 Å². The number of hydrogen-bond donors (Lipinski definition) is 2. The van der Waals surface area contributed by atoms with E-state index in [1.54, 1.807) is 12.4 Å². The summed E-state index contributed by atoms with van der Waals surface area (Å²) in [5.41, 5.74) is 3.18. The molecule has 2 aromatic heterocycles. The smallest absolute Gasteiger partial charge is 0.219 e. The molecule has 0 bridgehead atoms. The Kier molecular flexibility index (Phi) is 4.71. The number of pyridine rings is 1. The number of H-pyrrole nitrogens is 1. The van der Waals surface area contributed by atoms with Crippen molar-refractivity contribution < 1.29 is 9.84 Å². The molecule has 0 unspecified atom stereocenters. The molecule has 2 N–H and O–H groups in total. The largest absolute Gasteiger partial charge is 0.439 e. The van der Waals surface area contributed by atoms with Crippen LogP contribution >= 0.6 is 0 Å². The van der Waals surface area contributed by atoms with Crippen LogP contribution in [0.2, 0.25) is 0 Å². The zero-order valence-electron chi connectivity index (χ0n) is 16.0. The number of aromatic nitrogens is 3. The van der Waals surface area contributed by atoms with Crippen LogP contribution in [0.4, 0.5) is 0 Å². The summed E-state index contributed by atoms with van der Waals surface area (Å²) in [5, 5.41) is 18.4. The van der Waals surface area contributed by atoms with E-state index >= 15 is 0 Å². The zero-order chi connectivity index (χ0) is 19.6. The molecule has 0 saturated carbocycles. The van der Waals surface area contributed by atoms with Crippen LogP contribution < -0.4 is 4.74 Å². The van der Waals surface area contributed by atoms with Gasteiger partial charge in [0.15, 0.2) is 0 Å². The van der Waals surface area contributed by atoms with Gasteiger partial charge < -0.3 is 9.84 Å². The Morgan fingerprint density at radius 2 is 1.90 bits per heavy atom. The minimum absolute atomic E-state index is 0.289. The van der Waals surface area contributed by atoms with E-state index in [4.69, 9.17) is 9.84 Å². The molecule has 3 heterocycles. The van der Waals surface area contributed by atoms with Gasteiger partial charge in [-0.1, -0.05) is 18.2 Å². The van der Waals surface area contributed by atoms with Crippen molar-refractivity contribution in [2.45, 2.75) is 6.54 Å². The van der Waals surface area contributed by atoms with Gasteiger partial charge in [0.2, 0.25) is 5.88 Å². The third-order valence-electron chi connectivity index (χ3n) is 5.34. The normalized spacial score (nSPS) is 14.8. The highest BCUT2D eigenvalue weighted by molar-refractivity contribution is 5.84. The molecule has 0 aliphatic carbocycles. The lowest BCUT2D eigenvalue weighted by Gasteiger charge is -2.38. The van der Waals surface area contributed by atoms with Gasteiger partial charge in [-0.2, -0.15) is 5.10 Å². The standard InChI is InChI=1S/C23H22N4O2/c28-15-17-13-27(14-17)12-16-1-2-19-10-21(5-3-18(19)9-16)29-23-6-4-20(11-24-23)22-7-8-25-26-22/h1-11,17,28H,12-15H2,(H,25,26). The maximum absolute atomic E-state index is 9.15. The van der Waals surface area contributed by atoms with Crippen molar-refractivity contribution >= 4 is 10.8 Å². The molecule has 1 aliphatic rings. The molecule has 0 radical (unpaired) electrons. The molecular formula is C23H22N4O2. The lowest BCUT2D eigenvalue weighted by molar-refractivity contribution is 0.0479. The molecule has 1 fully saturated rings. The first-order valence-electron chi connectivity index (χ1n) is 9.76. The van der Waals surface area contributed by atoms with Gasteiger partial charge in [-0.3, -0.25) is 10.00 Å². The van der Waals surface area contributed by atoms with Crippen LogP contribution in [-0.2, 0) is 6.54 Å². The van der Waals surface area contributed by atoms with Gasteiger partial charge >= 0.3 is 0 Å². The van der Waals surface area contributed by atoms with Gasteiger partial charge in [0.25, 0.3) is 0 Å². The van der Waals surface area contributed by atoms with Crippen LogP contribution in [0, 0.1) is 5.92 Å². The van der Waals surface area contributed by atoms with E-state index < -0.39 is 0 Å². The molecule has 4 aromatic rings. The van der Waals surface area contributed by atoms with Crippen molar-refractivity contribution in [1.82, 2.24) is 20.1 Å². The number of ether oxygens (including phenoxy) is 1. The monoisotopic (exact) mass is 386 g/mol. The number of aliphatic hydroxyl groups is 1. The lowest BCUT2D eigenvalue weighted by atomic mass is 9.99. The molecule has 0 atom stereocenters. The first kappa shape index (κ1) is 17.8. The van der Waals surface area contributed by atoms with Crippen molar-refractivity contribution in [3.8, 4) is 22.9 Å². The Morgan fingerprint density at radius 1 is 1.03 bits per heavy atom. The summed E-state index contributed by atoms with van der Waals surface area (Å²) < 4.78 is 5.94. The van der Waals surface area contributed by atoms with Crippen molar-refractivity contribution in [2.75, 3.05) is 19.7 Å². The highest BCUT2D eigenvalue weighted by Crippen LogP contribution is 2.27. The number of rotatable bonds is 6. The number of nitrogens with zero attached hydrogens (tertiary/aromatic N) is 3. The average Bonchev–Trinajstić information content (AvgIpc) is 3.26. The van der Waals surface area contributed by atoms with Crippen molar-refractivity contribution in [3.05, 3.63) is 72.6 Å². The van der Waals surface area contributed by atoms with Gasteiger partial charge in [0, 0.05) is 56.2 Å². The third kappa shape index (κ3) is 3.85.